The molecule has 2 saturated heterocycles. The Balaban J connectivity index is 1.09. The fraction of sp³-hybridized carbons (Fsp3) is 0.333. The number of halogens is 2. The van der Waals surface area contributed by atoms with Crippen molar-refractivity contribution >= 4 is 57.4 Å². The number of carboxylic acid groups (broad SMARTS) is 1. The number of pyridine rings is 1. The number of anilines is 2. The molecule has 1 amide bonds. The highest BCUT2D eigenvalue weighted by atomic mass is 32.2. The third-order valence-electron chi connectivity index (χ3n) is 8.96. The summed E-state index contributed by atoms with van der Waals surface area (Å²) in [6.45, 7) is 3.74. The Morgan fingerprint density at radius 2 is 1.86 bits per heavy atom. The highest BCUT2D eigenvalue weighted by molar-refractivity contribution is 8.00. The molecular formula is C33H31F2N7O7S. The van der Waals surface area contributed by atoms with Gasteiger partial charge in [0.25, 0.3) is 5.91 Å². The van der Waals surface area contributed by atoms with Gasteiger partial charge in [0.2, 0.25) is 5.43 Å². The van der Waals surface area contributed by atoms with E-state index in [-0.39, 0.29) is 41.4 Å². The number of hydrogen-bond donors (Lipinski definition) is 2. The Morgan fingerprint density at radius 1 is 1.08 bits per heavy atom. The first-order chi connectivity index (χ1) is 24.1. The van der Waals surface area contributed by atoms with Crippen LogP contribution in [0, 0.1) is 11.6 Å². The van der Waals surface area contributed by atoms with E-state index in [4.69, 9.17) is 4.74 Å². The lowest BCUT2D eigenvalue weighted by Crippen LogP contribution is -2.51. The van der Waals surface area contributed by atoms with Crippen LogP contribution in [0.2, 0.25) is 0 Å². The van der Waals surface area contributed by atoms with E-state index in [1.54, 1.807) is 17.6 Å². The van der Waals surface area contributed by atoms with Crippen molar-refractivity contribution in [2.45, 2.75) is 25.1 Å². The number of nitrogens with zero attached hydrogens (tertiary/aromatic N) is 7. The molecule has 0 aliphatic carbocycles. The summed E-state index contributed by atoms with van der Waals surface area (Å²) in [6, 6.07) is 8.06. The first-order valence-corrected chi connectivity index (χ1v) is 16.9. The van der Waals surface area contributed by atoms with Gasteiger partial charge in [-0.15, -0.1) is 11.8 Å². The Bertz CT molecular complexity index is 2180. The molecule has 5 heterocycles. The van der Waals surface area contributed by atoms with Crippen molar-refractivity contribution in [2.24, 2.45) is 4.99 Å². The fourth-order valence-corrected chi connectivity index (χ4v) is 7.34. The Labute approximate surface area is 286 Å². The van der Waals surface area contributed by atoms with Crippen LogP contribution < -0.4 is 20.9 Å². The summed E-state index contributed by atoms with van der Waals surface area (Å²) < 4.78 is 38.4. The molecule has 2 atom stereocenters. The van der Waals surface area contributed by atoms with Gasteiger partial charge >= 0.3 is 11.7 Å². The second kappa shape index (κ2) is 13.4. The first kappa shape index (κ1) is 33.5. The van der Waals surface area contributed by atoms with Crippen LogP contribution in [0.1, 0.15) is 29.1 Å². The third-order valence-corrected chi connectivity index (χ3v) is 10.1. The molecule has 0 saturated carbocycles. The van der Waals surface area contributed by atoms with E-state index < -0.39 is 51.9 Å². The van der Waals surface area contributed by atoms with Crippen molar-refractivity contribution in [1.29, 1.82) is 0 Å². The fourth-order valence-electron chi connectivity index (χ4n) is 6.40. The van der Waals surface area contributed by atoms with E-state index in [0.717, 1.165) is 6.07 Å². The second-order valence-electron chi connectivity index (χ2n) is 11.9. The van der Waals surface area contributed by atoms with Crippen molar-refractivity contribution in [3.63, 3.8) is 0 Å². The number of amides is 1. The molecule has 0 radical (unpaired) electrons. The number of fused-ring (bicyclic) bond motifs is 2. The van der Waals surface area contributed by atoms with Gasteiger partial charge in [-0.05, 0) is 43.3 Å². The average molecular weight is 708 g/mol. The quantitative estimate of drug-likeness (QED) is 0.277. The van der Waals surface area contributed by atoms with E-state index in [1.807, 2.05) is 9.80 Å². The number of thioether (sulfide) groups is 1. The Hall–Kier alpha value is -4.97. The van der Waals surface area contributed by atoms with Crippen molar-refractivity contribution in [3.8, 4) is 0 Å². The molecule has 3 aliphatic heterocycles. The maximum atomic E-state index is 15.4. The molecule has 0 unspecified atom stereocenters. The smallest absolute Gasteiger partial charge is 0.351 e. The van der Waals surface area contributed by atoms with Crippen LogP contribution in [0.3, 0.4) is 0 Å². The lowest BCUT2D eigenvalue weighted by atomic mass is 10.1. The molecule has 17 heteroatoms. The number of aromatic carboxylic acids is 1. The second-order valence-corrected chi connectivity index (χ2v) is 13.1. The van der Waals surface area contributed by atoms with Crippen LogP contribution in [0.4, 0.5) is 26.0 Å². The number of carboxylic acids is 1. The van der Waals surface area contributed by atoms with Crippen molar-refractivity contribution in [2.75, 3.05) is 55.0 Å². The average Bonchev–Trinajstić information content (AvgIpc) is 3.68. The minimum absolute atomic E-state index is 0.0127. The summed E-state index contributed by atoms with van der Waals surface area (Å²) in [6.07, 6.45) is 2.11. The number of benzene rings is 2. The molecule has 3 aliphatic rings. The van der Waals surface area contributed by atoms with Gasteiger partial charge in [-0.2, -0.15) is 4.98 Å². The lowest BCUT2D eigenvalue weighted by molar-refractivity contribution is -0.112. The molecule has 50 heavy (non-hydrogen) atoms. The molecule has 7 rings (SSSR count). The minimum atomic E-state index is -1.38. The van der Waals surface area contributed by atoms with Crippen LogP contribution in [0.15, 0.2) is 63.4 Å². The molecule has 2 aromatic heterocycles. The number of hydrogen-bond acceptors (Lipinski definition) is 11. The SMILES string of the molecule is CCn1cc(C(=O)O)c(=O)c2cc(F)c(N3CCN(CN4C(=O)C(=Nc5ccn([C@H]6CS[C@@H](CO)O6)c(=O)n5)c5cc(F)ccc54)CC3)cc21. The predicted octanol–water partition coefficient (Wildman–Crippen LogP) is 2.38. The van der Waals surface area contributed by atoms with E-state index in [2.05, 4.69) is 9.98 Å². The number of aliphatic hydroxyl groups excluding tert-OH is 1. The topological polar surface area (TPSA) is 163 Å². The van der Waals surface area contributed by atoms with Crippen LogP contribution in [-0.4, -0.2) is 97.5 Å². The van der Waals surface area contributed by atoms with Crippen molar-refractivity contribution < 1.29 is 33.3 Å². The number of ether oxygens (including phenoxy) is 1. The molecule has 0 spiro atoms. The summed E-state index contributed by atoms with van der Waals surface area (Å²) >= 11 is 1.37. The summed E-state index contributed by atoms with van der Waals surface area (Å²) in [7, 11) is 0. The Morgan fingerprint density at radius 3 is 2.54 bits per heavy atom. The summed E-state index contributed by atoms with van der Waals surface area (Å²) in [5.74, 6) is -2.68. The molecule has 4 aromatic rings. The number of aromatic nitrogens is 3. The predicted molar refractivity (Wildman–Crippen MR) is 181 cm³/mol. The van der Waals surface area contributed by atoms with Crippen LogP contribution in [0.5, 0.6) is 0 Å². The highest BCUT2D eigenvalue weighted by Crippen LogP contribution is 2.33. The highest BCUT2D eigenvalue weighted by Gasteiger charge is 2.36. The van der Waals surface area contributed by atoms with E-state index in [0.29, 0.717) is 49.7 Å². The number of aliphatic hydroxyl groups is 1. The summed E-state index contributed by atoms with van der Waals surface area (Å²) in [5, 5.41) is 18.8. The maximum Gasteiger partial charge on any atom is 0.351 e. The van der Waals surface area contributed by atoms with Gasteiger partial charge < -0.3 is 24.4 Å². The van der Waals surface area contributed by atoms with Crippen LogP contribution in [-0.2, 0) is 16.1 Å². The van der Waals surface area contributed by atoms with Gasteiger partial charge in [0, 0.05) is 61.8 Å². The van der Waals surface area contributed by atoms with Gasteiger partial charge in [-0.1, -0.05) is 0 Å². The number of aliphatic imine (C=N–C) groups is 1. The van der Waals surface area contributed by atoms with E-state index in [1.165, 1.54) is 57.9 Å². The zero-order valence-electron chi connectivity index (χ0n) is 26.7. The van der Waals surface area contributed by atoms with Gasteiger partial charge in [0.1, 0.15) is 34.6 Å². The number of rotatable bonds is 8. The summed E-state index contributed by atoms with van der Waals surface area (Å²) in [4.78, 5) is 64.6. The number of piperazine rings is 1. The zero-order valence-corrected chi connectivity index (χ0v) is 27.5. The van der Waals surface area contributed by atoms with Crippen molar-refractivity contribution in [3.05, 3.63) is 92.3 Å². The maximum absolute atomic E-state index is 15.4. The standard InChI is InChI=1S/C33H31F2N7O7S/c1-2-39-14-21(32(46)47)30(44)20-12-22(35)25(13-24(20)39)40-9-7-38(8-10-40)17-42-23-4-3-18(34)11-19(23)29(31(42)45)36-26-5-6-41(33(48)37-26)27-16-50-28(15-43)49-27/h3-6,11-14,27-28,43H,2,7-10,15-17H2,1H3,(H,46,47)/t27-,28+/m1/s1. The normalized spacial score (nSPS) is 20.3. The van der Waals surface area contributed by atoms with Crippen LogP contribution >= 0.6 is 11.8 Å². The molecule has 2 fully saturated rings. The minimum Gasteiger partial charge on any atom is -0.477 e. The third kappa shape index (κ3) is 6.06. The zero-order chi connectivity index (χ0) is 35.3. The monoisotopic (exact) mass is 707 g/mol. The van der Waals surface area contributed by atoms with E-state index in [9.17, 15) is 33.8 Å². The lowest BCUT2D eigenvalue weighted by Gasteiger charge is -2.38. The van der Waals surface area contributed by atoms with Gasteiger partial charge in [0.05, 0.1) is 30.2 Å². The molecular weight excluding hydrogens is 676 g/mol. The first-order valence-electron chi connectivity index (χ1n) is 15.8. The largest absolute Gasteiger partial charge is 0.477 e. The van der Waals surface area contributed by atoms with Crippen molar-refractivity contribution in [1.82, 2.24) is 19.0 Å². The van der Waals surface area contributed by atoms with E-state index >= 15 is 4.39 Å². The number of aryl methyl sites for hydroxylation is 1. The number of carbonyl (C=O) groups excluding carboxylic acids is 1. The van der Waals surface area contributed by atoms with Gasteiger partial charge in [-0.3, -0.25) is 24.0 Å². The van der Waals surface area contributed by atoms with Crippen LogP contribution in [0.25, 0.3) is 10.9 Å². The van der Waals surface area contributed by atoms with Gasteiger partial charge in [-0.25, -0.2) is 23.4 Å². The Kier molecular flexibility index (Phi) is 8.98. The molecule has 2 N–H and O–H groups in total. The molecule has 2 aromatic carbocycles. The van der Waals surface area contributed by atoms with Gasteiger partial charge in [0.15, 0.2) is 5.82 Å². The molecule has 14 nitrogen and oxygen atoms in total. The molecule has 260 valence electrons. The molecule has 0 bridgehead atoms. The summed E-state index contributed by atoms with van der Waals surface area (Å²) in [5.41, 5.74) is -0.945. The number of carbonyl (C=O) groups is 2.